The summed E-state index contributed by atoms with van der Waals surface area (Å²) in [6, 6.07) is 17.5. The molecule has 3 atom stereocenters. The minimum Gasteiger partial charge on any atom is -0.462 e. The Hall–Kier alpha value is -4.20. The predicted octanol–water partition coefficient (Wildman–Crippen LogP) is 3.41. The van der Waals surface area contributed by atoms with Crippen LogP contribution in [0.3, 0.4) is 0 Å². The van der Waals surface area contributed by atoms with E-state index in [0.29, 0.717) is 38.8 Å². The average Bonchev–Trinajstić information content (AvgIpc) is 3.41. The van der Waals surface area contributed by atoms with Crippen LogP contribution in [0.2, 0.25) is 0 Å². The van der Waals surface area contributed by atoms with Crippen LogP contribution < -0.4 is 14.5 Å². The van der Waals surface area contributed by atoms with E-state index in [1.807, 2.05) is 0 Å². The van der Waals surface area contributed by atoms with E-state index in [-0.39, 0.29) is 30.5 Å². The number of carbonyl (C=O) groups excluding carboxylic acids is 1. The number of likely N-dealkylation sites (tertiary alicyclic amines) is 1. The zero-order valence-corrected chi connectivity index (χ0v) is 25.0. The van der Waals surface area contributed by atoms with E-state index in [4.69, 9.17) is 19.4 Å². The first-order chi connectivity index (χ1) is 21.0. The highest BCUT2D eigenvalue weighted by Gasteiger charge is 2.34. The van der Waals surface area contributed by atoms with Crippen molar-refractivity contribution >= 4 is 28.2 Å². The lowest BCUT2D eigenvalue weighted by atomic mass is 10.0. The number of methoxy groups -OCH3 is 1. The summed E-state index contributed by atoms with van der Waals surface area (Å²) in [5.74, 6) is 0.704. The Bertz CT molecular complexity index is 1530. The van der Waals surface area contributed by atoms with Gasteiger partial charge in [0.25, 0.3) is 0 Å². The molecule has 0 aliphatic carbocycles. The molecule has 2 fully saturated rings. The molecule has 2 unspecified atom stereocenters. The van der Waals surface area contributed by atoms with Crippen molar-refractivity contribution in [2.75, 3.05) is 63.3 Å². The quantitative estimate of drug-likeness (QED) is 0.371. The van der Waals surface area contributed by atoms with Gasteiger partial charge in [-0.1, -0.05) is 43.0 Å². The number of carbonyl (C=O) groups is 1. The average molecular weight is 582 g/mol. The fourth-order valence-corrected chi connectivity index (χ4v) is 6.70. The number of hydrogen-bond acceptors (Lipinski definition) is 9. The van der Waals surface area contributed by atoms with E-state index in [9.17, 15) is 10.1 Å². The van der Waals surface area contributed by atoms with Crippen LogP contribution in [0.25, 0.3) is 10.8 Å². The molecular formula is C33H39N7O3. The van der Waals surface area contributed by atoms with Crippen LogP contribution in [-0.2, 0) is 22.5 Å². The SMILES string of the molecule is C=CC(=O)N1CCN(c2nc(OC[C@@H]3CC(OC)CN3C)nc3c2CCN(c2cccc4ccccc24)C3)CC1CC#N. The van der Waals surface area contributed by atoms with Gasteiger partial charge >= 0.3 is 6.01 Å². The standard InChI is InChI=1S/C33H39N7O3/c1-4-31(41)40-17-16-39(19-24(40)12-14-34)32-28-13-15-38(30-11-7-9-23-8-5-6-10-27(23)30)21-29(28)35-33(36-32)43-22-25-18-26(42-3)20-37(25)2/h4-11,24-26H,1,12-13,15-22H2,2-3H3/t24?,25-,26?/m0/s1. The molecule has 2 saturated heterocycles. The molecule has 0 spiro atoms. The molecule has 3 aliphatic rings. The summed E-state index contributed by atoms with van der Waals surface area (Å²) < 4.78 is 11.9. The topological polar surface area (TPSA) is 98.1 Å². The van der Waals surface area contributed by atoms with E-state index < -0.39 is 0 Å². The minimum absolute atomic E-state index is 0.144. The van der Waals surface area contributed by atoms with Gasteiger partial charge in [0.15, 0.2) is 0 Å². The van der Waals surface area contributed by atoms with Crippen LogP contribution in [0.1, 0.15) is 24.1 Å². The van der Waals surface area contributed by atoms with Gasteiger partial charge < -0.3 is 24.2 Å². The molecule has 2 aromatic carbocycles. The third kappa shape index (κ3) is 5.88. The molecule has 4 heterocycles. The third-order valence-electron chi connectivity index (χ3n) is 9.09. The van der Waals surface area contributed by atoms with Crippen molar-refractivity contribution in [1.29, 1.82) is 5.26 Å². The van der Waals surface area contributed by atoms with Crippen molar-refractivity contribution in [1.82, 2.24) is 19.8 Å². The highest BCUT2D eigenvalue weighted by Crippen LogP contribution is 2.35. The number of hydrogen-bond donors (Lipinski definition) is 0. The first-order valence-electron chi connectivity index (χ1n) is 15.0. The van der Waals surface area contributed by atoms with E-state index in [1.54, 1.807) is 12.0 Å². The van der Waals surface area contributed by atoms with Crippen molar-refractivity contribution in [3.8, 4) is 12.1 Å². The number of aromatic nitrogens is 2. The summed E-state index contributed by atoms with van der Waals surface area (Å²) in [6.07, 6.45) is 3.45. The van der Waals surface area contributed by atoms with Crippen molar-refractivity contribution in [2.24, 2.45) is 0 Å². The van der Waals surface area contributed by atoms with E-state index in [1.165, 1.54) is 22.5 Å². The van der Waals surface area contributed by atoms with Crippen LogP contribution in [0, 0.1) is 11.3 Å². The largest absolute Gasteiger partial charge is 0.462 e. The van der Waals surface area contributed by atoms with Gasteiger partial charge in [0.1, 0.15) is 12.4 Å². The maximum Gasteiger partial charge on any atom is 0.318 e. The number of piperazine rings is 1. The van der Waals surface area contributed by atoms with Gasteiger partial charge in [0, 0.05) is 62.5 Å². The Morgan fingerprint density at radius 2 is 1.93 bits per heavy atom. The molecule has 224 valence electrons. The number of amides is 1. The fourth-order valence-electron chi connectivity index (χ4n) is 6.70. The highest BCUT2D eigenvalue weighted by atomic mass is 16.5. The van der Waals surface area contributed by atoms with Crippen LogP contribution >= 0.6 is 0 Å². The van der Waals surface area contributed by atoms with Gasteiger partial charge in [-0.2, -0.15) is 15.2 Å². The second-order valence-corrected chi connectivity index (χ2v) is 11.6. The summed E-state index contributed by atoms with van der Waals surface area (Å²) in [5.41, 5.74) is 3.26. The van der Waals surface area contributed by atoms with Crippen molar-refractivity contribution < 1.29 is 14.3 Å². The van der Waals surface area contributed by atoms with Gasteiger partial charge in [-0.05, 0) is 37.4 Å². The molecule has 0 saturated carbocycles. The molecule has 0 bridgehead atoms. The van der Waals surface area contributed by atoms with Crippen molar-refractivity contribution in [3.05, 3.63) is 66.4 Å². The molecule has 0 radical (unpaired) electrons. The number of likely N-dealkylation sites (N-methyl/N-ethyl adjacent to an activating group) is 1. The smallest absolute Gasteiger partial charge is 0.318 e. The molecule has 10 heteroatoms. The Kier molecular flexibility index (Phi) is 8.45. The maximum atomic E-state index is 12.5. The van der Waals surface area contributed by atoms with Crippen LogP contribution in [-0.4, -0.2) is 97.4 Å². The van der Waals surface area contributed by atoms with E-state index >= 15 is 0 Å². The predicted molar refractivity (Wildman–Crippen MR) is 166 cm³/mol. The Balaban J connectivity index is 1.32. The summed E-state index contributed by atoms with van der Waals surface area (Å²) in [7, 11) is 3.85. The van der Waals surface area contributed by atoms with Gasteiger partial charge in [-0.15, -0.1) is 0 Å². The van der Waals surface area contributed by atoms with Gasteiger partial charge in [0.2, 0.25) is 5.91 Å². The molecular weight excluding hydrogens is 542 g/mol. The lowest BCUT2D eigenvalue weighted by molar-refractivity contribution is -0.128. The molecule has 1 aromatic heterocycles. The Morgan fingerprint density at radius 1 is 1.09 bits per heavy atom. The Labute approximate surface area is 253 Å². The molecule has 6 rings (SSSR count). The second kappa shape index (κ2) is 12.6. The lowest BCUT2D eigenvalue weighted by Gasteiger charge is -2.42. The van der Waals surface area contributed by atoms with Crippen LogP contribution in [0.4, 0.5) is 11.5 Å². The first kappa shape index (κ1) is 28.9. The Morgan fingerprint density at radius 3 is 2.72 bits per heavy atom. The van der Waals surface area contributed by atoms with Crippen LogP contribution in [0.5, 0.6) is 6.01 Å². The number of benzene rings is 2. The summed E-state index contributed by atoms with van der Waals surface area (Å²) >= 11 is 0. The van der Waals surface area contributed by atoms with Crippen molar-refractivity contribution in [3.63, 3.8) is 0 Å². The number of fused-ring (bicyclic) bond motifs is 2. The van der Waals surface area contributed by atoms with E-state index in [0.717, 1.165) is 43.0 Å². The molecule has 10 nitrogen and oxygen atoms in total. The third-order valence-corrected chi connectivity index (χ3v) is 9.09. The second-order valence-electron chi connectivity index (χ2n) is 11.6. The summed E-state index contributed by atoms with van der Waals surface area (Å²) in [4.78, 5) is 31.1. The minimum atomic E-state index is -0.242. The van der Waals surface area contributed by atoms with Gasteiger partial charge in [-0.3, -0.25) is 9.69 Å². The number of nitrogens with zero attached hydrogens (tertiary/aromatic N) is 7. The first-order valence-corrected chi connectivity index (χ1v) is 15.0. The molecule has 0 N–H and O–H groups in total. The van der Waals surface area contributed by atoms with Crippen LogP contribution in [0.15, 0.2) is 55.1 Å². The number of ether oxygens (including phenoxy) is 2. The van der Waals surface area contributed by atoms with E-state index in [2.05, 4.69) is 76.9 Å². The zero-order chi connectivity index (χ0) is 29.9. The monoisotopic (exact) mass is 581 g/mol. The number of rotatable bonds is 8. The zero-order valence-electron chi connectivity index (χ0n) is 25.0. The lowest BCUT2D eigenvalue weighted by Crippen LogP contribution is -2.55. The molecule has 3 aromatic rings. The maximum absolute atomic E-state index is 12.5. The highest BCUT2D eigenvalue weighted by molar-refractivity contribution is 5.94. The summed E-state index contributed by atoms with van der Waals surface area (Å²) in [5, 5.41) is 12.0. The van der Waals surface area contributed by atoms with Crippen molar-refractivity contribution in [2.45, 2.75) is 44.0 Å². The number of anilines is 2. The van der Waals surface area contributed by atoms with Gasteiger partial charge in [-0.25, -0.2) is 0 Å². The number of nitriles is 1. The normalized spacial score (nSPS) is 22.3. The van der Waals surface area contributed by atoms with Gasteiger partial charge in [0.05, 0.1) is 36.9 Å². The molecule has 3 aliphatic heterocycles. The fraction of sp³-hybridized carbons (Fsp3) is 0.455. The summed E-state index contributed by atoms with van der Waals surface area (Å²) in [6.45, 7) is 8.10. The molecule has 1 amide bonds. The molecule has 43 heavy (non-hydrogen) atoms.